The van der Waals surface area contributed by atoms with Gasteiger partial charge in [0.1, 0.15) is 5.75 Å². The molecule has 0 saturated carbocycles. The van der Waals surface area contributed by atoms with Gasteiger partial charge in [-0.05, 0) is 42.0 Å². The number of fused-ring (bicyclic) bond motifs is 1. The van der Waals surface area contributed by atoms with Crippen LogP contribution in [0.3, 0.4) is 0 Å². The van der Waals surface area contributed by atoms with Crippen LogP contribution in [-0.2, 0) is 4.79 Å². The van der Waals surface area contributed by atoms with Gasteiger partial charge in [-0.3, -0.25) is 9.59 Å². The Morgan fingerprint density at radius 2 is 1.93 bits per heavy atom. The predicted octanol–water partition coefficient (Wildman–Crippen LogP) is 3.07. The van der Waals surface area contributed by atoms with Crippen molar-refractivity contribution in [2.75, 3.05) is 33.4 Å². The molecule has 30 heavy (non-hydrogen) atoms. The van der Waals surface area contributed by atoms with Crippen LogP contribution in [0, 0.1) is 0 Å². The number of carbonyl (C=O) groups excluding carboxylic acids is 2. The number of hydrogen-bond donors (Lipinski definition) is 2. The van der Waals surface area contributed by atoms with Crippen molar-refractivity contribution in [1.29, 1.82) is 0 Å². The molecule has 8 heteroatoms. The highest BCUT2D eigenvalue weighted by Crippen LogP contribution is 2.38. The third-order valence-corrected chi connectivity index (χ3v) is 4.57. The predicted molar refractivity (Wildman–Crippen MR) is 114 cm³/mol. The summed E-state index contributed by atoms with van der Waals surface area (Å²) in [6.45, 7) is 1.70. The third-order valence-electron chi connectivity index (χ3n) is 4.29. The molecule has 0 unspecified atom stereocenters. The van der Waals surface area contributed by atoms with E-state index < -0.39 is 0 Å². The number of benzene rings is 2. The fraction of sp³-hybridized carbons (Fsp3) is 0.273. The molecular formula is C22H23ClN2O5. The summed E-state index contributed by atoms with van der Waals surface area (Å²) in [5.74, 6) is 1.19. The van der Waals surface area contributed by atoms with Gasteiger partial charge in [0, 0.05) is 31.1 Å². The van der Waals surface area contributed by atoms with Crippen LogP contribution in [0.15, 0.2) is 42.5 Å². The van der Waals surface area contributed by atoms with E-state index >= 15 is 0 Å². The van der Waals surface area contributed by atoms with Gasteiger partial charge >= 0.3 is 0 Å². The van der Waals surface area contributed by atoms with Crippen molar-refractivity contribution in [1.82, 2.24) is 10.6 Å². The Balaban J connectivity index is 1.46. The van der Waals surface area contributed by atoms with Gasteiger partial charge in [0.25, 0.3) is 5.91 Å². The zero-order valence-electron chi connectivity index (χ0n) is 16.6. The molecule has 2 N–H and O–H groups in total. The molecule has 0 atom stereocenters. The molecule has 0 aromatic heterocycles. The molecule has 2 aromatic rings. The van der Waals surface area contributed by atoms with Crippen molar-refractivity contribution >= 4 is 29.5 Å². The lowest BCUT2D eigenvalue weighted by Crippen LogP contribution is -2.33. The van der Waals surface area contributed by atoms with E-state index in [1.165, 1.54) is 6.08 Å². The summed E-state index contributed by atoms with van der Waals surface area (Å²) in [6.07, 6.45) is 3.83. The largest absolute Gasteiger partial charge is 0.497 e. The summed E-state index contributed by atoms with van der Waals surface area (Å²) >= 11 is 6.25. The van der Waals surface area contributed by atoms with Crippen LogP contribution in [0.5, 0.6) is 17.2 Å². The van der Waals surface area contributed by atoms with Gasteiger partial charge in [0.15, 0.2) is 11.5 Å². The van der Waals surface area contributed by atoms with E-state index in [1.807, 2.05) is 0 Å². The smallest absolute Gasteiger partial charge is 0.251 e. The van der Waals surface area contributed by atoms with Crippen LogP contribution in [0.2, 0.25) is 5.02 Å². The molecule has 158 valence electrons. The number of rotatable bonds is 7. The molecule has 0 aliphatic carbocycles. The first-order valence-corrected chi connectivity index (χ1v) is 9.92. The van der Waals surface area contributed by atoms with Crippen molar-refractivity contribution in [3.63, 3.8) is 0 Å². The summed E-state index contributed by atoms with van der Waals surface area (Å²) < 4.78 is 16.3. The fourth-order valence-corrected chi connectivity index (χ4v) is 3.08. The van der Waals surface area contributed by atoms with E-state index in [0.717, 1.165) is 12.0 Å². The average Bonchev–Trinajstić information content (AvgIpc) is 3.01. The Morgan fingerprint density at radius 1 is 1.13 bits per heavy atom. The highest BCUT2D eigenvalue weighted by Gasteiger charge is 2.15. The molecule has 0 radical (unpaired) electrons. The fourth-order valence-electron chi connectivity index (χ4n) is 2.81. The van der Waals surface area contributed by atoms with E-state index in [1.54, 1.807) is 49.6 Å². The molecule has 0 fully saturated rings. The summed E-state index contributed by atoms with van der Waals surface area (Å²) in [6, 6.07) is 10.3. The summed E-state index contributed by atoms with van der Waals surface area (Å²) in [5.41, 5.74) is 1.22. The summed E-state index contributed by atoms with van der Waals surface area (Å²) in [4.78, 5) is 24.1. The van der Waals surface area contributed by atoms with E-state index in [-0.39, 0.29) is 11.8 Å². The van der Waals surface area contributed by atoms with E-state index in [0.29, 0.717) is 54.1 Å². The topological polar surface area (TPSA) is 85.9 Å². The van der Waals surface area contributed by atoms with Gasteiger partial charge in [-0.2, -0.15) is 0 Å². The molecule has 7 nitrogen and oxygen atoms in total. The van der Waals surface area contributed by atoms with E-state index in [2.05, 4.69) is 10.6 Å². The highest BCUT2D eigenvalue weighted by atomic mass is 35.5. The van der Waals surface area contributed by atoms with Crippen LogP contribution in [-0.4, -0.2) is 45.2 Å². The third kappa shape index (κ3) is 5.90. The molecule has 0 spiro atoms. The maximum absolute atomic E-state index is 12.1. The van der Waals surface area contributed by atoms with Gasteiger partial charge in [0.05, 0.1) is 25.3 Å². The summed E-state index contributed by atoms with van der Waals surface area (Å²) in [5, 5.41) is 5.90. The van der Waals surface area contributed by atoms with Gasteiger partial charge in [-0.25, -0.2) is 0 Å². The molecule has 2 amide bonds. The lowest BCUT2D eigenvalue weighted by atomic mass is 10.2. The molecule has 0 saturated heterocycles. The van der Waals surface area contributed by atoms with Gasteiger partial charge in [0.2, 0.25) is 5.91 Å². The Hall–Kier alpha value is -3.19. The number of ether oxygens (including phenoxy) is 3. The quantitative estimate of drug-likeness (QED) is 0.521. The van der Waals surface area contributed by atoms with E-state index in [9.17, 15) is 9.59 Å². The highest BCUT2D eigenvalue weighted by molar-refractivity contribution is 6.32. The Morgan fingerprint density at radius 3 is 2.77 bits per heavy atom. The first-order chi connectivity index (χ1) is 14.6. The number of halogens is 1. The number of hydrogen-bond acceptors (Lipinski definition) is 5. The van der Waals surface area contributed by atoms with Crippen LogP contribution >= 0.6 is 11.6 Å². The number of amides is 2. The van der Waals surface area contributed by atoms with Crippen LogP contribution < -0.4 is 24.8 Å². The standard InChI is InChI=1S/C22H23ClN2O5/c1-28-17-5-2-4-16(14-17)22(27)25-9-8-24-20(26)7-6-15-12-18(23)21-19(13-15)29-10-3-11-30-21/h2,4-7,12-14H,3,8-11H2,1H3,(H,24,26)(H,25,27)/b7-6-. The molecule has 1 aliphatic rings. The molecule has 3 rings (SSSR count). The Bertz CT molecular complexity index is 945. The second-order valence-corrected chi connectivity index (χ2v) is 6.90. The number of nitrogens with one attached hydrogen (secondary N) is 2. The first-order valence-electron chi connectivity index (χ1n) is 9.54. The summed E-state index contributed by atoms with van der Waals surface area (Å²) in [7, 11) is 1.54. The zero-order chi connectivity index (χ0) is 21.3. The van der Waals surface area contributed by atoms with Crippen molar-refractivity contribution in [2.45, 2.75) is 6.42 Å². The lowest BCUT2D eigenvalue weighted by molar-refractivity contribution is -0.116. The molecule has 2 aromatic carbocycles. The van der Waals surface area contributed by atoms with Crippen molar-refractivity contribution in [3.8, 4) is 17.2 Å². The number of methoxy groups -OCH3 is 1. The van der Waals surface area contributed by atoms with Crippen LogP contribution in [0.1, 0.15) is 22.3 Å². The minimum Gasteiger partial charge on any atom is -0.497 e. The monoisotopic (exact) mass is 430 g/mol. The Labute approximate surface area is 180 Å². The van der Waals surface area contributed by atoms with Gasteiger partial charge in [-0.15, -0.1) is 0 Å². The van der Waals surface area contributed by atoms with Gasteiger partial charge < -0.3 is 24.8 Å². The van der Waals surface area contributed by atoms with Crippen LogP contribution in [0.25, 0.3) is 6.08 Å². The second-order valence-electron chi connectivity index (χ2n) is 6.49. The minimum atomic E-state index is -0.283. The van der Waals surface area contributed by atoms with Crippen molar-refractivity contribution < 1.29 is 23.8 Å². The molecular weight excluding hydrogens is 408 g/mol. The average molecular weight is 431 g/mol. The zero-order valence-corrected chi connectivity index (χ0v) is 17.3. The lowest BCUT2D eigenvalue weighted by Gasteiger charge is -2.10. The minimum absolute atomic E-state index is 0.236. The van der Waals surface area contributed by atoms with Crippen LogP contribution in [0.4, 0.5) is 0 Å². The number of carbonyl (C=O) groups is 2. The molecule has 1 aliphatic heterocycles. The first kappa shape index (κ1) is 21.5. The molecule has 0 bridgehead atoms. The maximum atomic E-state index is 12.1. The maximum Gasteiger partial charge on any atom is 0.251 e. The SMILES string of the molecule is COc1cccc(C(=O)NCCNC(=O)/C=C\c2cc(Cl)c3c(c2)OCCCO3)c1. The molecule has 1 heterocycles. The second kappa shape index (κ2) is 10.5. The Kier molecular flexibility index (Phi) is 7.57. The van der Waals surface area contributed by atoms with Gasteiger partial charge in [-0.1, -0.05) is 17.7 Å². The van der Waals surface area contributed by atoms with Crippen molar-refractivity contribution in [2.24, 2.45) is 0 Å². The van der Waals surface area contributed by atoms with Crippen molar-refractivity contribution in [3.05, 3.63) is 58.6 Å². The van der Waals surface area contributed by atoms with E-state index in [4.69, 9.17) is 25.8 Å². The normalized spacial score (nSPS) is 12.9.